The molecular weight excluding hydrogens is 370 g/mol. The molecule has 0 radical (unpaired) electrons. The average Bonchev–Trinajstić information content (AvgIpc) is 3.33. The molecule has 2 aromatic heterocycles. The molecule has 1 aliphatic rings. The van der Waals surface area contributed by atoms with Crippen molar-refractivity contribution in [2.24, 2.45) is 0 Å². The van der Waals surface area contributed by atoms with Gasteiger partial charge in [0.25, 0.3) is 0 Å². The molecule has 0 amide bonds. The molecule has 24 heavy (non-hydrogen) atoms. The lowest BCUT2D eigenvalue weighted by molar-refractivity contribution is 0.965. The first-order valence-corrected chi connectivity index (χ1v) is 8.44. The van der Waals surface area contributed by atoms with Gasteiger partial charge in [-0.05, 0) is 53.0 Å². The molecule has 7 nitrogen and oxygen atoms in total. The number of aromatic nitrogens is 4. The Morgan fingerprint density at radius 3 is 2.71 bits per heavy atom. The van der Waals surface area contributed by atoms with Crippen LogP contribution in [0.2, 0.25) is 0 Å². The van der Waals surface area contributed by atoms with E-state index in [0.717, 1.165) is 27.4 Å². The van der Waals surface area contributed by atoms with Gasteiger partial charge >= 0.3 is 0 Å². The van der Waals surface area contributed by atoms with Crippen LogP contribution in [0.5, 0.6) is 0 Å². The van der Waals surface area contributed by atoms with E-state index in [2.05, 4.69) is 46.7 Å². The van der Waals surface area contributed by atoms with Gasteiger partial charge in [0.15, 0.2) is 0 Å². The van der Waals surface area contributed by atoms with Crippen LogP contribution >= 0.6 is 15.9 Å². The maximum atomic E-state index is 5.71. The van der Waals surface area contributed by atoms with Crippen LogP contribution < -0.4 is 16.4 Å². The number of nitrogens with one attached hydrogen (secondary N) is 3. The van der Waals surface area contributed by atoms with Crippen molar-refractivity contribution in [1.82, 2.24) is 20.2 Å². The molecule has 5 N–H and O–H groups in total. The Labute approximate surface area is 147 Å². The van der Waals surface area contributed by atoms with Gasteiger partial charge in [0.1, 0.15) is 11.6 Å². The summed E-state index contributed by atoms with van der Waals surface area (Å²) in [5.41, 5.74) is 8.41. The standard InChI is InChI=1S/C16H16BrN7/c17-12-8-19-16(21-14-7-13(23-24-14)9-1-2-9)22-15(12)20-11-5-3-10(18)4-6-11/h3-9H,1-2,18H2,(H3,19,20,21,22,23,24). The maximum absolute atomic E-state index is 5.71. The van der Waals surface area contributed by atoms with Crippen LogP contribution in [0.3, 0.4) is 0 Å². The Hall–Kier alpha value is -2.61. The van der Waals surface area contributed by atoms with Gasteiger partial charge in [0.2, 0.25) is 5.95 Å². The molecule has 0 aliphatic heterocycles. The molecule has 0 spiro atoms. The number of halogens is 1. The molecule has 0 bridgehead atoms. The zero-order chi connectivity index (χ0) is 16.5. The van der Waals surface area contributed by atoms with Crippen molar-refractivity contribution >= 4 is 44.9 Å². The van der Waals surface area contributed by atoms with E-state index >= 15 is 0 Å². The highest BCUT2D eigenvalue weighted by Gasteiger charge is 2.26. The first kappa shape index (κ1) is 14.9. The van der Waals surface area contributed by atoms with Gasteiger partial charge in [-0.2, -0.15) is 10.1 Å². The van der Waals surface area contributed by atoms with Crippen LogP contribution in [0.1, 0.15) is 24.5 Å². The summed E-state index contributed by atoms with van der Waals surface area (Å²) in [6, 6.07) is 9.47. The fourth-order valence-corrected chi connectivity index (χ4v) is 2.62. The third kappa shape index (κ3) is 3.33. The summed E-state index contributed by atoms with van der Waals surface area (Å²) in [5.74, 6) is 2.55. The van der Waals surface area contributed by atoms with Crippen molar-refractivity contribution in [3.63, 3.8) is 0 Å². The number of nitrogens with two attached hydrogens (primary N) is 1. The molecule has 1 aromatic carbocycles. The van der Waals surface area contributed by atoms with E-state index < -0.39 is 0 Å². The molecule has 122 valence electrons. The average molecular weight is 386 g/mol. The number of nitrogen functional groups attached to an aromatic ring is 1. The van der Waals surface area contributed by atoms with Crippen molar-refractivity contribution in [3.05, 3.63) is 46.7 Å². The second-order valence-electron chi connectivity index (χ2n) is 5.74. The second kappa shape index (κ2) is 6.12. The van der Waals surface area contributed by atoms with E-state index in [4.69, 9.17) is 5.73 Å². The van der Waals surface area contributed by atoms with Gasteiger partial charge < -0.3 is 16.4 Å². The fourth-order valence-electron chi connectivity index (χ4n) is 2.33. The van der Waals surface area contributed by atoms with Gasteiger partial charge in [-0.1, -0.05) is 0 Å². The second-order valence-corrected chi connectivity index (χ2v) is 6.60. The number of anilines is 5. The smallest absolute Gasteiger partial charge is 0.230 e. The molecule has 0 saturated heterocycles. The third-order valence-corrected chi connectivity index (χ3v) is 4.34. The molecule has 8 heteroatoms. The lowest BCUT2D eigenvalue weighted by Gasteiger charge is -2.09. The van der Waals surface area contributed by atoms with E-state index in [1.807, 2.05) is 30.3 Å². The summed E-state index contributed by atoms with van der Waals surface area (Å²) in [7, 11) is 0. The Bertz CT molecular complexity index is 855. The van der Waals surface area contributed by atoms with E-state index in [9.17, 15) is 0 Å². The molecule has 1 fully saturated rings. The minimum absolute atomic E-state index is 0.488. The normalized spacial score (nSPS) is 13.7. The van der Waals surface area contributed by atoms with Crippen molar-refractivity contribution in [2.45, 2.75) is 18.8 Å². The van der Waals surface area contributed by atoms with E-state index in [1.54, 1.807) is 6.20 Å². The molecule has 0 unspecified atom stereocenters. The largest absolute Gasteiger partial charge is 0.399 e. The predicted molar refractivity (Wildman–Crippen MR) is 97.7 cm³/mol. The Morgan fingerprint density at radius 1 is 1.17 bits per heavy atom. The van der Waals surface area contributed by atoms with Crippen LogP contribution in [0, 0.1) is 0 Å². The summed E-state index contributed by atoms with van der Waals surface area (Å²) < 4.78 is 0.771. The molecule has 2 heterocycles. The third-order valence-electron chi connectivity index (χ3n) is 3.76. The molecule has 0 atom stereocenters. The number of nitrogens with zero attached hydrogens (tertiary/aromatic N) is 3. The van der Waals surface area contributed by atoms with E-state index in [1.165, 1.54) is 12.8 Å². The van der Waals surface area contributed by atoms with Gasteiger partial charge in [-0.3, -0.25) is 5.10 Å². The number of rotatable bonds is 5. The number of aromatic amines is 1. The zero-order valence-corrected chi connectivity index (χ0v) is 14.3. The lowest BCUT2D eigenvalue weighted by atomic mass is 10.3. The highest BCUT2D eigenvalue weighted by atomic mass is 79.9. The number of benzene rings is 1. The molecular formula is C16H16BrN7. The van der Waals surface area contributed by atoms with Crippen molar-refractivity contribution in [3.8, 4) is 0 Å². The highest BCUT2D eigenvalue weighted by molar-refractivity contribution is 9.10. The summed E-state index contributed by atoms with van der Waals surface area (Å²) in [6.45, 7) is 0. The van der Waals surface area contributed by atoms with Crippen molar-refractivity contribution in [1.29, 1.82) is 0 Å². The van der Waals surface area contributed by atoms with Crippen molar-refractivity contribution in [2.75, 3.05) is 16.4 Å². The predicted octanol–water partition coefficient (Wildman–Crippen LogP) is 3.91. The SMILES string of the molecule is Nc1ccc(Nc2nc(Nc3cc(C4CC4)n[nH]3)ncc2Br)cc1. The summed E-state index contributed by atoms with van der Waals surface area (Å²) in [5, 5.41) is 13.7. The van der Waals surface area contributed by atoms with Crippen LogP contribution in [0.25, 0.3) is 0 Å². The van der Waals surface area contributed by atoms with Crippen molar-refractivity contribution < 1.29 is 0 Å². The highest BCUT2D eigenvalue weighted by Crippen LogP contribution is 2.39. The Balaban J connectivity index is 1.52. The van der Waals surface area contributed by atoms with E-state index in [-0.39, 0.29) is 0 Å². The molecule has 1 saturated carbocycles. The zero-order valence-electron chi connectivity index (χ0n) is 12.8. The van der Waals surface area contributed by atoms with Crippen LogP contribution in [-0.4, -0.2) is 20.2 Å². The fraction of sp³-hybridized carbons (Fsp3) is 0.188. The minimum Gasteiger partial charge on any atom is -0.399 e. The van der Waals surface area contributed by atoms with Gasteiger partial charge in [-0.15, -0.1) is 0 Å². The molecule has 1 aliphatic carbocycles. The van der Waals surface area contributed by atoms with Crippen LogP contribution in [0.4, 0.5) is 29.0 Å². The van der Waals surface area contributed by atoms with E-state index in [0.29, 0.717) is 17.7 Å². The maximum Gasteiger partial charge on any atom is 0.230 e. The Morgan fingerprint density at radius 2 is 1.96 bits per heavy atom. The van der Waals surface area contributed by atoms with Gasteiger partial charge in [0, 0.05) is 29.6 Å². The minimum atomic E-state index is 0.488. The quantitative estimate of drug-likeness (QED) is 0.496. The lowest BCUT2D eigenvalue weighted by Crippen LogP contribution is -2.02. The topological polar surface area (TPSA) is 105 Å². The van der Waals surface area contributed by atoms with Gasteiger partial charge in [-0.25, -0.2) is 4.98 Å². The van der Waals surface area contributed by atoms with Gasteiger partial charge in [0.05, 0.1) is 10.2 Å². The first-order valence-electron chi connectivity index (χ1n) is 7.65. The number of hydrogen-bond acceptors (Lipinski definition) is 6. The van der Waals surface area contributed by atoms with Crippen LogP contribution in [0.15, 0.2) is 41.0 Å². The van der Waals surface area contributed by atoms with Crippen LogP contribution in [-0.2, 0) is 0 Å². The summed E-state index contributed by atoms with van der Waals surface area (Å²) in [4.78, 5) is 8.78. The summed E-state index contributed by atoms with van der Waals surface area (Å²) in [6.07, 6.45) is 4.14. The monoisotopic (exact) mass is 385 g/mol. The summed E-state index contributed by atoms with van der Waals surface area (Å²) >= 11 is 3.46. The number of hydrogen-bond donors (Lipinski definition) is 4. The Kier molecular flexibility index (Phi) is 3.81. The number of H-pyrrole nitrogens is 1. The molecule has 4 rings (SSSR count). The molecule has 3 aromatic rings. The first-order chi connectivity index (χ1) is 11.7.